The van der Waals surface area contributed by atoms with Crippen molar-refractivity contribution in [2.75, 3.05) is 49.5 Å². The maximum absolute atomic E-state index is 12.1. The lowest BCUT2D eigenvalue weighted by molar-refractivity contribution is -0.130. The second-order valence-corrected chi connectivity index (χ2v) is 7.83. The summed E-state index contributed by atoms with van der Waals surface area (Å²) >= 11 is 0. The van der Waals surface area contributed by atoms with Crippen molar-refractivity contribution in [2.24, 2.45) is 0 Å². The number of rotatable bonds is 6. The summed E-state index contributed by atoms with van der Waals surface area (Å²) in [5, 5.41) is 2.51. The molecule has 7 nitrogen and oxygen atoms in total. The number of amides is 2. The van der Waals surface area contributed by atoms with Gasteiger partial charge in [-0.3, -0.25) is 9.59 Å². The molecule has 1 N–H and O–H groups in total. The Kier molecular flexibility index (Phi) is 6.33. The van der Waals surface area contributed by atoms with Gasteiger partial charge in [0.25, 0.3) is 0 Å². The zero-order valence-corrected chi connectivity index (χ0v) is 14.6. The van der Waals surface area contributed by atoms with Crippen molar-refractivity contribution in [3.05, 3.63) is 30.3 Å². The number of para-hydroxylation sites is 1. The summed E-state index contributed by atoms with van der Waals surface area (Å²) < 4.78 is 24.2. The highest BCUT2D eigenvalue weighted by atomic mass is 32.2. The van der Waals surface area contributed by atoms with Crippen molar-refractivity contribution in [3.63, 3.8) is 0 Å². The molecule has 1 fully saturated rings. The van der Waals surface area contributed by atoms with E-state index in [-0.39, 0.29) is 0 Å². The van der Waals surface area contributed by atoms with Crippen LogP contribution in [0, 0.1) is 0 Å². The van der Waals surface area contributed by atoms with E-state index in [4.69, 9.17) is 0 Å². The van der Waals surface area contributed by atoms with E-state index in [1.807, 2.05) is 6.92 Å². The SMILES string of the molecule is CCN1CCN(C(=O)CS(=O)(=O)CC(=O)Nc2ccccc2)CC1. The third-order valence-electron chi connectivity index (χ3n) is 3.92. The molecular formula is C16H23N3O4S. The Balaban J connectivity index is 1.84. The van der Waals surface area contributed by atoms with Crippen LogP contribution in [0.3, 0.4) is 0 Å². The summed E-state index contributed by atoms with van der Waals surface area (Å²) in [5.74, 6) is -2.38. The molecule has 1 aromatic rings. The minimum atomic E-state index is -3.79. The van der Waals surface area contributed by atoms with Crippen molar-refractivity contribution in [2.45, 2.75) is 6.92 Å². The first kappa shape index (κ1) is 18.4. The van der Waals surface area contributed by atoms with Crippen LogP contribution in [0.2, 0.25) is 0 Å². The monoisotopic (exact) mass is 353 g/mol. The van der Waals surface area contributed by atoms with Gasteiger partial charge in [-0.15, -0.1) is 0 Å². The van der Waals surface area contributed by atoms with E-state index in [0.29, 0.717) is 18.8 Å². The van der Waals surface area contributed by atoms with Gasteiger partial charge >= 0.3 is 0 Å². The first-order valence-corrected chi connectivity index (χ1v) is 9.77. The molecule has 2 amide bonds. The zero-order chi connectivity index (χ0) is 17.6. The topological polar surface area (TPSA) is 86.8 Å². The van der Waals surface area contributed by atoms with Crippen molar-refractivity contribution in [1.82, 2.24) is 9.80 Å². The number of hydrogen-bond acceptors (Lipinski definition) is 5. The fourth-order valence-corrected chi connectivity index (χ4v) is 3.69. The van der Waals surface area contributed by atoms with Gasteiger partial charge < -0.3 is 15.1 Å². The zero-order valence-electron chi connectivity index (χ0n) is 13.8. The number of piperazine rings is 1. The molecule has 0 unspecified atom stereocenters. The molecule has 0 radical (unpaired) electrons. The van der Waals surface area contributed by atoms with Gasteiger partial charge in [-0.25, -0.2) is 8.42 Å². The molecule has 1 heterocycles. The quantitative estimate of drug-likeness (QED) is 0.790. The second-order valence-electron chi connectivity index (χ2n) is 5.76. The fourth-order valence-electron chi connectivity index (χ4n) is 2.56. The minimum Gasteiger partial charge on any atom is -0.339 e. The molecule has 0 bridgehead atoms. The Morgan fingerprint density at radius 2 is 1.67 bits per heavy atom. The predicted molar refractivity (Wildman–Crippen MR) is 92.4 cm³/mol. The molecule has 0 atom stereocenters. The second kappa shape index (κ2) is 8.25. The molecule has 2 rings (SSSR count). The van der Waals surface area contributed by atoms with Crippen LogP contribution in [0.5, 0.6) is 0 Å². The minimum absolute atomic E-state index is 0.432. The maximum Gasteiger partial charge on any atom is 0.239 e. The summed E-state index contributed by atoms with van der Waals surface area (Å²) in [4.78, 5) is 27.7. The smallest absolute Gasteiger partial charge is 0.239 e. The Morgan fingerprint density at radius 1 is 1.04 bits per heavy atom. The lowest BCUT2D eigenvalue weighted by Gasteiger charge is -2.34. The van der Waals surface area contributed by atoms with Gasteiger partial charge in [0.05, 0.1) is 0 Å². The van der Waals surface area contributed by atoms with Gasteiger partial charge in [0, 0.05) is 31.9 Å². The Morgan fingerprint density at radius 3 is 2.25 bits per heavy atom. The maximum atomic E-state index is 12.1. The highest BCUT2D eigenvalue weighted by Gasteiger charge is 2.26. The summed E-state index contributed by atoms with van der Waals surface area (Å²) in [6.45, 7) is 5.51. The third kappa shape index (κ3) is 5.61. The number of anilines is 1. The van der Waals surface area contributed by atoms with Crippen LogP contribution < -0.4 is 5.32 Å². The molecule has 0 aromatic heterocycles. The number of nitrogens with one attached hydrogen (secondary N) is 1. The lowest BCUT2D eigenvalue weighted by Crippen LogP contribution is -2.50. The standard InChI is InChI=1S/C16H23N3O4S/c1-2-18-8-10-19(11-9-18)16(21)13-24(22,23)12-15(20)17-14-6-4-3-5-7-14/h3-7H,2,8-13H2,1H3,(H,17,20). The highest BCUT2D eigenvalue weighted by Crippen LogP contribution is 2.07. The Hall–Kier alpha value is -1.93. The lowest BCUT2D eigenvalue weighted by atomic mass is 10.3. The number of benzene rings is 1. The molecule has 8 heteroatoms. The number of carbonyl (C=O) groups is 2. The Bertz CT molecular complexity index is 668. The molecule has 0 saturated carbocycles. The van der Waals surface area contributed by atoms with Crippen LogP contribution in [0.4, 0.5) is 5.69 Å². The van der Waals surface area contributed by atoms with Gasteiger partial charge in [-0.1, -0.05) is 25.1 Å². The average molecular weight is 353 g/mol. The molecule has 132 valence electrons. The Labute approximate surface area is 142 Å². The van der Waals surface area contributed by atoms with E-state index in [0.717, 1.165) is 19.6 Å². The van der Waals surface area contributed by atoms with Crippen LogP contribution in [0.1, 0.15) is 6.92 Å². The van der Waals surface area contributed by atoms with Crippen molar-refractivity contribution in [1.29, 1.82) is 0 Å². The molecule has 1 saturated heterocycles. The van der Waals surface area contributed by atoms with Crippen LogP contribution >= 0.6 is 0 Å². The summed E-state index contributed by atoms with van der Waals surface area (Å²) in [5.41, 5.74) is 0.528. The average Bonchev–Trinajstić information content (AvgIpc) is 2.54. The number of carbonyl (C=O) groups excluding carboxylic acids is 2. The molecule has 24 heavy (non-hydrogen) atoms. The van der Waals surface area contributed by atoms with Crippen LogP contribution in [-0.2, 0) is 19.4 Å². The van der Waals surface area contributed by atoms with Crippen molar-refractivity contribution >= 4 is 27.3 Å². The normalized spacial score (nSPS) is 16.0. The molecule has 1 aromatic carbocycles. The van der Waals surface area contributed by atoms with E-state index in [2.05, 4.69) is 10.2 Å². The van der Waals surface area contributed by atoms with Gasteiger partial charge in [-0.2, -0.15) is 0 Å². The largest absolute Gasteiger partial charge is 0.339 e. The number of hydrogen-bond donors (Lipinski definition) is 1. The fraction of sp³-hybridized carbons (Fsp3) is 0.500. The number of nitrogens with zero attached hydrogens (tertiary/aromatic N) is 2. The van der Waals surface area contributed by atoms with Gasteiger partial charge in [0.15, 0.2) is 9.84 Å². The van der Waals surface area contributed by atoms with Crippen molar-refractivity contribution < 1.29 is 18.0 Å². The van der Waals surface area contributed by atoms with E-state index >= 15 is 0 Å². The highest BCUT2D eigenvalue weighted by molar-refractivity contribution is 7.92. The van der Waals surface area contributed by atoms with E-state index in [1.54, 1.807) is 35.2 Å². The number of sulfone groups is 1. The summed E-state index contributed by atoms with van der Waals surface area (Å²) in [7, 11) is -3.79. The third-order valence-corrected chi connectivity index (χ3v) is 5.31. The summed E-state index contributed by atoms with van der Waals surface area (Å²) in [6.07, 6.45) is 0. The first-order valence-electron chi connectivity index (χ1n) is 7.95. The molecule has 1 aliphatic rings. The molecule has 0 spiro atoms. The van der Waals surface area contributed by atoms with Crippen LogP contribution in [0.25, 0.3) is 0 Å². The van der Waals surface area contributed by atoms with Crippen LogP contribution in [-0.4, -0.2) is 74.3 Å². The summed E-state index contributed by atoms with van der Waals surface area (Å²) in [6, 6.07) is 8.61. The molecule has 1 aliphatic heterocycles. The van der Waals surface area contributed by atoms with Crippen LogP contribution in [0.15, 0.2) is 30.3 Å². The number of likely N-dealkylation sites (N-methyl/N-ethyl adjacent to an activating group) is 1. The van der Waals surface area contributed by atoms with Gasteiger partial charge in [-0.05, 0) is 18.7 Å². The molecular weight excluding hydrogens is 330 g/mol. The molecule has 0 aliphatic carbocycles. The van der Waals surface area contributed by atoms with E-state index in [1.165, 1.54) is 0 Å². The van der Waals surface area contributed by atoms with Gasteiger partial charge in [0.1, 0.15) is 11.5 Å². The van der Waals surface area contributed by atoms with E-state index < -0.39 is 33.2 Å². The van der Waals surface area contributed by atoms with E-state index in [9.17, 15) is 18.0 Å². The first-order chi connectivity index (χ1) is 11.4. The van der Waals surface area contributed by atoms with Gasteiger partial charge in [0.2, 0.25) is 11.8 Å². The van der Waals surface area contributed by atoms with Crippen molar-refractivity contribution in [3.8, 4) is 0 Å². The predicted octanol–water partition coefficient (Wildman–Crippen LogP) is 0.204.